The number of nitriles is 1. The first-order valence-corrected chi connectivity index (χ1v) is 22.4. The van der Waals surface area contributed by atoms with Crippen LogP contribution in [-0.4, -0.2) is 17.9 Å². The zero-order chi connectivity index (χ0) is 38.5. The number of ether oxygens (including phenoxy) is 1. The number of hydrogen-bond acceptors (Lipinski definition) is 2. The predicted octanol–water partition coefficient (Wildman–Crippen LogP) is 10.8. The van der Waals surface area contributed by atoms with Crippen LogP contribution in [0, 0.1) is 58.1 Å². The van der Waals surface area contributed by atoms with Gasteiger partial charge in [0.1, 0.15) is 0 Å². The van der Waals surface area contributed by atoms with Gasteiger partial charge in [0.2, 0.25) is 0 Å². The monoisotopic (exact) mass is 849 g/mol. The molecule has 1 unspecified atom stereocenters. The van der Waals surface area contributed by atoms with Crippen LogP contribution in [0.5, 0.6) is 0 Å². The molecule has 1 heterocycles. The summed E-state index contributed by atoms with van der Waals surface area (Å²) in [5.41, 5.74) is 8.72. The SMILES string of the molecule is CC1(C)O[C-]=C(c2ccccc2)C1C#N.Cc1c(C)c(C)[c-](C)c1C.[Ru+6].c1ccc([PH+](CCC[PH+](c2ccccc2)c2ccccc2)c2ccccc2)cc1. The normalized spacial score (nSPS) is 14.0. The third kappa shape index (κ3) is 11.5. The van der Waals surface area contributed by atoms with E-state index in [9.17, 15) is 0 Å². The van der Waals surface area contributed by atoms with E-state index in [0.29, 0.717) is 0 Å². The van der Waals surface area contributed by atoms with E-state index < -0.39 is 21.4 Å². The van der Waals surface area contributed by atoms with Gasteiger partial charge in [0, 0.05) is 6.42 Å². The maximum absolute atomic E-state index is 9.14. The third-order valence-electron chi connectivity index (χ3n) is 10.8. The van der Waals surface area contributed by atoms with Crippen molar-refractivity contribution < 1.29 is 24.2 Å². The smallest absolute Gasteiger partial charge is 0.587 e. The molecule has 0 saturated heterocycles. The Morgan fingerprint density at radius 1 is 0.600 bits per heavy atom. The van der Waals surface area contributed by atoms with E-state index in [-0.39, 0.29) is 25.4 Å². The Bertz CT molecular complexity index is 1860. The molecule has 0 fully saturated rings. The van der Waals surface area contributed by atoms with Crippen LogP contribution < -0.4 is 21.2 Å². The second-order valence-corrected chi connectivity index (χ2v) is 19.8. The molecule has 6 aromatic rings. The molecular formula is C50H55NOP2Ru+6. The second kappa shape index (κ2) is 21.3. The number of nitrogens with zero attached hydrogens (tertiary/aromatic N) is 1. The van der Waals surface area contributed by atoms with E-state index in [1.54, 1.807) is 0 Å². The summed E-state index contributed by atoms with van der Waals surface area (Å²) in [7, 11) is -1.48. The third-order valence-corrected chi connectivity index (χ3v) is 16.6. The molecule has 0 aromatic heterocycles. The Hall–Kier alpha value is -4.04. The topological polar surface area (TPSA) is 33.0 Å². The molecule has 6 aromatic carbocycles. The summed E-state index contributed by atoms with van der Waals surface area (Å²) in [5, 5.41) is 15.2. The molecule has 0 bridgehead atoms. The Labute approximate surface area is 346 Å². The molecule has 5 heteroatoms. The van der Waals surface area contributed by atoms with Gasteiger partial charge in [-0.25, -0.2) is 0 Å². The van der Waals surface area contributed by atoms with Crippen LogP contribution in [0.2, 0.25) is 0 Å². The number of rotatable bonds is 9. The first-order chi connectivity index (χ1) is 26.1. The maximum atomic E-state index is 9.14. The van der Waals surface area contributed by atoms with E-state index >= 15 is 0 Å². The molecule has 1 aliphatic heterocycles. The Morgan fingerprint density at radius 2 is 0.927 bits per heavy atom. The van der Waals surface area contributed by atoms with Gasteiger partial charge in [-0.1, -0.05) is 132 Å². The average Bonchev–Trinajstić information content (AvgIpc) is 3.62. The summed E-state index contributed by atoms with van der Waals surface area (Å²) < 4.78 is 5.40. The molecule has 0 amide bonds. The van der Waals surface area contributed by atoms with Crippen LogP contribution in [0.4, 0.5) is 0 Å². The molecule has 1 aliphatic rings. The van der Waals surface area contributed by atoms with Crippen LogP contribution in [0.3, 0.4) is 0 Å². The Morgan fingerprint density at radius 3 is 1.22 bits per heavy atom. The Kier molecular flexibility index (Phi) is 16.9. The second-order valence-electron chi connectivity index (χ2n) is 14.5. The minimum atomic E-state index is -0.742. The first-order valence-electron chi connectivity index (χ1n) is 19.0. The zero-order valence-corrected chi connectivity index (χ0v) is 37.1. The fourth-order valence-electron chi connectivity index (χ4n) is 7.03. The van der Waals surface area contributed by atoms with E-state index in [4.69, 9.17) is 10.00 Å². The summed E-state index contributed by atoms with van der Waals surface area (Å²) in [6.07, 6.45) is 6.70. The van der Waals surface area contributed by atoms with Crippen LogP contribution in [0.1, 0.15) is 53.6 Å². The van der Waals surface area contributed by atoms with E-state index in [1.807, 2.05) is 44.2 Å². The zero-order valence-electron chi connectivity index (χ0n) is 33.3. The van der Waals surface area contributed by atoms with Gasteiger partial charge in [-0.3, -0.25) is 0 Å². The summed E-state index contributed by atoms with van der Waals surface area (Å²) >= 11 is 0. The molecule has 2 nitrogen and oxygen atoms in total. The van der Waals surface area contributed by atoms with Gasteiger partial charge in [0.25, 0.3) is 0 Å². The first kappa shape index (κ1) is 43.7. The van der Waals surface area contributed by atoms with Gasteiger partial charge in [-0.2, -0.15) is 44.2 Å². The summed E-state index contributed by atoms with van der Waals surface area (Å²) in [5.74, 6) is -0.250. The molecular weight excluding hydrogens is 794 g/mol. The van der Waals surface area contributed by atoms with Gasteiger partial charge < -0.3 is 4.74 Å². The number of hydrogen-bond donors (Lipinski definition) is 0. The van der Waals surface area contributed by atoms with Crippen LogP contribution in [0.25, 0.3) is 5.57 Å². The summed E-state index contributed by atoms with van der Waals surface area (Å²) in [4.78, 5) is 0. The van der Waals surface area contributed by atoms with Crippen molar-refractivity contribution in [1.82, 2.24) is 0 Å². The fourth-order valence-corrected chi connectivity index (χ4v) is 12.6. The van der Waals surface area contributed by atoms with Crippen molar-refractivity contribution in [1.29, 1.82) is 5.26 Å². The van der Waals surface area contributed by atoms with Crippen LogP contribution in [-0.2, 0) is 24.2 Å². The molecule has 278 valence electrons. The quantitative estimate of drug-likeness (QED) is 0.0825. The van der Waals surface area contributed by atoms with Crippen molar-refractivity contribution in [3.05, 3.63) is 191 Å². The molecule has 1 atom stereocenters. The minimum absolute atomic E-state index is 0. The van der Waals surface area contributed by atoms with Gasteiger partial charge >= 0.3 is 19.5 Å². The van der Waals surface area contributed by atoms with E-state index in [1.165, 1.54) is 67.8 Å². The van der Waals surface area contributed by atoms with Crippen LogP contribution in [0.15, 0.2) is 152 Å². The van der Waals surface area contributed by atoms with E-state index in [0.717, 1.165) is 11.1 Å². The van der Waals surface area contributed by atoms with Gasteiger partial charge in [0.05, 0.1) is 67.0 Å². The molecule has 55 heavy (non-hydrogen) atoms. The Balaban J connectivity index is 0.000000215. The summed E-state index contributed by atoms with van der Waals surface area (Å²) in [6.45, 7) is 14.8. The van der Waals surface area contributed by atoms with Crippen LogP contribution >= 0.6 is 15.8 Å². The van der Waals surface area contributed by atoms with Gasteiger partial charge in [-0.05, 0) is 62.4 Å². The summed E-state index contributed by atoms with van der Waals surface area (Å²) in [6, 6.07) is 56.6. The standard InChI is InChI=1S/C27H26P2.C13H12NO.C10H15.Ru/c1-5-14-24(15-6-1)28(25-16-7-2-8-17-25)22-13-23-29(26-18-9-3-10-19-26)27-20-11-4-12-21-27;1-13(2)12(8-14)11(9-15-13)10-6-4-3-5-7-10;1-6-7(2)9(4)10(5)8(6)3;/h1-12,14-21H,13,22-23H2;3-7,12H,1-2H3;1-5H3;/q;2*-1;+6/p+2. The van der Waals surface area contributed by atoms with Crippen molar-refractivity contribution >= 4 is 42.6 Å². The van der Waals surface area contributed by atoms with Crippen molar-refractivity contribution in [2.45, 2.75) is 60.5 Å². The fraction of sp³-hybridized carbons (Fsp3) is 0.240. The molecule has 0 aliphatic carbocycles. The van der Waals surface area contributed by atoms with Crippen molar-refractivity contribution in [3.63, 3.8) is 0 Å². The molecule has 0 saturated carbocycles. The molecule has 0 spiro atoms. The maximum Gasteiger partial charge on any atom is 6.00 e. The molecule has 7 rings (SSSR count). The van der Waals surface area contributed by atoms with Crippen molar-refractivity contribution in [2.75, 3.05) is 12.3 Å². The van der Waals surface area contributed by atoms with Crippen molar-refractivity contribution in [2.24, 2.45) is 5.92 Å². The number of benzene rings is 5. The van der Waals surface area contributed by atoms with Gasteiger partial charge in [0.15, 0.2) is 0 Å². The van der Waals surface area contributed by atoms with Crippen molar-refractivity contribution in [3.8, 4) is 6.07 Å². The predicted molar refractivity (Wildman–Crippen MR) is 238 cm³/mol. The molecule has 0 radical (unpaired) electrons. The molecule has 0 N–H and O–H groups in total. The largest absolute Gasteiger partial charge is 6.00 e. The van der Waals surface area contributed by atoms with E-state index in [2.05, 4.69) is 168 Å². The van der Waals surface area contributed by atoms with Gasteiger partial charge in [-0.15, -0.1) is 12.1 Å². The average molecular weight is 849 g/mol. The minimum Gasteiger partial charge on any atom is -0.587 e.